The van der Waals surface area contributed by atoms with Gasteiger partial charge in [-0.15, -0.1) is 0 Å². The van der Waals surface area contributed by atoms with Gasteiger partial charge in [0.25, 0.3) is 0 Å². The van der Waals surface area contributed by atoms with Crippen LogP contribution in [0, 0.1) is 0 Å². The van der Waals surface area contributed by atoms with E-state index in [2.05, 4.69) is 25.9 Å². The molecule has 0 radical (unpaired) electrons. The zero-order valence-corrected chi connectivity index (χ0v) is 7.78. The largest absolute Gasteiger partial charge is 0.461 e. The Balaban J connectivity index is 2.72. The van der Waals surface area contributed by atoms with Crippen molar-refractivity contribution in [2.24, 2.45) is 0 Å². The predicted molar refractivity (Wildman–Crippen MR) is 46.7 cm³/mol. The fourth-order valence-corrected chi connectivity index (χ4v) is 1.00. The first-order valence-corrected chi connectivity index (χ1v) is 4.05. The van der Waals surface area contributed by atoms with Crippen LogP contribution < -0.4 is 10.5 Å². The lowest BCUT2D eigenvalue weighted by molar-refractivity contribution is 0.191. The molecule has 6 heteroatoms. The van der Waals surface area contributed by atoms with Crippen LogP contribution in [0.2, 0.25) is 0 Å². The molecule has 0 saturated heterocycles. The number of rotatable bonds is 3. The van der Waals surface area contributed by atoms with Crippen molar-refractivity contribution in [2.75, 3.05) is 18.9 Å². The van der Waals surface area contributed by atoms with Gasteiger partial charge >= 0.3 is 6.01 Å². The minimum absolute atomic E-state index is 0.0736. The summed E-state index contributed by atoms with van der Waals surface area (Å²) in [6.45, 7) is 0.0890. The number of hydrogen-bond acceptors (Lipinski definition) is 5. The lowest BCUT2D eigenvalue weighted by Crippen LogP contribution is -2.05. The molecule has 0 unspecified atom stereocenters. The third kappa shape index (κ3) is 2.63. The number of aromatic nitrogens is 2. The van der Waals surface area contributed by atoms with Crippen LogP contribution in [0.3, 0.4) is 0 Å². The highest BCUT2D eigenvalue weighted by molar-refractivity contribution is 9.10. The highest BCUT2D eigenvalue weighted by Gasteiger charge is 2.00. The topological polar surface area (TPSA) is 81.3 Å². The van der Waals surface area contributed by atoms with E-state index in [1.54, 1.807) is 6.07 Å². The number of ether oxygens (including phenoxy) is 1. The van der Waals surface area contributed by atoms with E-state index in [-0.39, 0.29) is 19.2 Å². The van der Waals surface area contributed by atoms with Crippen LogP contribution in [0.1, 0.15) is 0 Å². The highest BCUT2D eigenvalue weighted by atomic mass is 79.9. The second-order valence-electron chi connectivity index (χ2n) is 1.97. The first-order chi connectivity index (χ1) is 5.72. The Hall–Kier alpha value is -0.880. The second kappa shape index (κ2) is 4.22. The van der Waals surface area contributed by atoms with E-state index in [0.717, 1.165) is 0 Å². The average molecular weight is 234 g/mol. The van der Waals surface area contributed by atoms with Crippen molar-refractivity contribution in [3.63, 3.8) is 0 Å². The Morgan fingerprint density at radius 1 is 1.58 bits per heavy atom. The molecule has 0 aliphatic rings. The van der Waals surface area contributed by atoms with Gasteiger partial charge in [0.05, 0.1) is 6.61 Å². The predicted octanol–water partition coefficient (Wildman–Crippen LogP) is 0.192. The third-order valence-corrected chi connectivity index (χ3v) is 1.42. The number of nitrogens with zero attached hydrogens (tertiary/aromatic N) is 2. The Morgan fingerprint density at radius 2 is 2.33 bits per heavy atom. The van der Waals surface area contributed by atoms with Crippen LogP contribution in [-0.4, -0.2) is 28.3 Å². The van der Waals surface area contributed by atoms with E-state index in [0.29, 0.717) is 10.4 Å². The van der Waals surface area contributed by atoms with Gasteiger partial charge in [-0.2, -0.15) is 9.97 Å². The Morgan fingerprint density at radius 3 is 2.92 bits per heavy atom. The van der Waals surface area contributed by atoms with Crippen LogP contribution >= 0.6 is 15.9 Å². The van der Waals surface area contributed by atoms with Crippen molar-refractivity contribution in [1.82, 2.24) is 9.97 Å². The second-order valence-corrected chi connectivity index (χ2v) is 2.78. The normalized spacial score (nSPS) is 9.83. The quantitative estimate of drug-likeness (QED) is 0.729. The van der Waals surface area contributed by atoms with E-state index in [1.165, 1.54) is 0 Å². The van der Waals surface area contributed by atoms with Crippen LogP contribution in [0.15, 0.2) is 10.7 Å². The Bertz CT molecular complexity index is 249. The van der Waals surface area contributed by atoms with Crippen molar-refractivity contribution < 1.29 is 9.84 Å². The van der Waals surface area contributed by atoms with Crippen molar-refractivity contribution >= 4 is 21.7 Å². The monoisotopic (exact) mass is 233 g/mol. The number of halogens is 1. The number of aliphatic hydroxyl groups excluding tert-OH is 1. The molecule has 0 aliphatic heterocycles. The summed E-state index contributed by atoms with van der Waals surface area (Å²) in [6, 6.07) is 1.72. The molecular formula is C6H8BrN3O2. The maximum atomic E-state index is 8.44. The smallest absolute Gasteiger partial charge is 0.319 e. The number of anilines is 1. The molecule has 0 aliphatic carbocycles. The number of nitrogens with two attached hydrogens (primary N) is 1. The van der Waals surface area contributed by atoms with Crippen molar-refractivity contribution in [1.29, 1.82) is 0 Å². The fraction of sp³-hybridized carbons (Fsp3) is 0.333. The van der Waals surface area contributed by atoms with Gasteiger partial charge in [-0.25, -0.2) is 0 Å². The number of hydrogen-bond donors (Lipinski definition) is 2. The molecule has 0 saturated carbocycles. The van der Waals surface area contributed by atoms with Gasteiger partial charge in [0, 0.05) is 6.07 Å². The SMILES string of the molecule is Nc1cc(Br)nc(OCCO)n1. The van der Waals surface area contributed by atoms with Crippen molar-refractivity contribution in [3.8, 4) is 6.01 Å². The van der Waals surface area contributed by atoms with Crippen LogP contribution in [0.4, 0.5) is 5.82 Å². The Kier molecular flexibility index (Phi) is 3.24. The molecular weight excluding hydrogens is 226 g/mol. The number of nitrogen functional groups attached to an aromatic ring is 1. The molecule has 1 heterocycles. The zero-order valence-electron chi connectivity index (χ0n) is 6.20. The van der Waals surface area contributed by atoms with Crippen LogP contribution in [-0.2, 0) is 0 Å². The number of aliphatic hydroxyl groups is 1. The lowest BCUT2D eigenvalue weighted by Gasteiger charge is -2.02. The summed E-state index contributed by atoms with van der Waals surface area (Å²) in [6.07, 6.45) is 0. The fourth-order valence-electron chi connectivity index (χ4n) is 0.615. The molecule has 0 aromatic carbocycles. The molecule has 3 N–H and O–H groups in total. The van der Waals surface area contributed by atoms with Gasteiger partial charge in [0.15, 0.2) is 0 Å². The average Bonchev–Trinajstić information content (AvgIpc) is 1.99. The summed E-state index contributed by atoms with van der Waals surface area (Å²) in [5.74, 6) is 0.324. The molecule has 0 bridgehead atoms. The maximum Gasteiger partial charge on any atom is 0.319 e. The molecule has 0 amide bonds. The van der Waals surface area contributed by atoms with Gasteiger partial charge < -0.3 is 15.6 Å². The van der Waals surface area contributed by atoms with Gasteiger partial charge in [-0.1, -0.05) is 0 Å². The van der Waals surface area contributed by atoms with E-state index < -0.39 is 0 Å². The molecule has 66 valence electrons. The minimum atomic E-state index is -0.0736. The van der Waals surface area contributed by atoms with E-state index >= 15 is 0 Å². The minimum Gasteiger partial charge on any atom is -0.461 e. The van der Waals surface area contributed by atoms with Crippen LogP contribution in [0.25, 0.3) is 0 Å². The van der Waals surface area contributed by atoms with E-state index in [9.17, 15) is 0 Å². The first kappa shape index (κ1) is 9.21. The van der Waals surface area contributed by atoms with Gasteiger partial charge in [-0.3, -0.25) is 0 Å². The summed E-state index contributed by atoms with van der Waals surface area (Å²) in [5.41, 5.74) is 5.41. The summed E-state index contributed by atoms with van der Waals surface area (Å²) in [4.78, 5) is 7.64. The molecule has 1 aromatic rings. The van der Waals surface area contributed by atoms with Gasteiger partial charge in [0.1, 0.15) is 17.0 Å². The van der Waals surface area contributed by atoms with E-state index in [1.807, 2.05) is 0 Å². The summed E-state index contributed by atoms with van der Waals surface area (Å²) in [5, 5.41) is 8.44. The molecule has 0 fully saturated rings. The van der Waals surface area contributed by atoms with Crippen molar-refractivity contribution in [2.45, 2.75) is 0 Å². The molecule has 0 atom stereocenters. The standard InChI is InChI=1S/C6H8BrN3O2/c7-4-3-5(8)10-6(9-4)12-2-1-11/h3,11H,1-2H2,(H2,8,9,10). The molecule has 1 aromatic heterocycles. The van der Waals surface area contributed by atoms with Crippen LogP contribution in [0.5, 0.6) is 6.01 Å². The van der Waals surface area contributed by atoms with Gasteiger partial charge in [0.2, 0.25) is 0 Å². The highest BCUT2D eigenvalue weighted by Crippen LogP contribution is 2.13. The Labute approximate surface area is 77.7 Å². The summed E-state index contributed by atoms with van der Waals surface area (Å²) >= 11 is 3.13. The maximum absolute atomic E-state index is 8.44. The van der Waals surface area contributed by atoms with E-state index in [4.69, 9.17) is 15.6 Å². The summed E-state index contributed by atoms with van der Waals surface area (Å²) in [7, 11) is 0. The first-order valence-electron chi connectivity index (χ1n) is 3.26. The molecule has 5 nitrogen and oxygen atoms in total. The molecule has 12 heavy (non-hydrogen) atoms. The third-order valence-electron chi connectivity index (χ3n) is 1.02. The summed E-state index contributed by atoms with van der Waals surface area (Å²) < 4.78 is 5.49. The van der Waals surface area contributed by atoms with Gasteiger partial charge in [-0.05, 0) is 15.9 Å². The molecule has 1 rings (SSSR count). The zero-order chi connectivity index (χ0) is 8.97. The molecule has 0 spiro atoms. The van der Waals surface area contributed by atoms with Crippen molar-refractivity contribution in [3.05, 3.63) is 10.7 Å². The lowest BCUT2D eigenvalue weighted by atomic mass is 10.6.